The molecule has 0 aliphatic heterocycles. The largest absolute Gasteiger partial charge is 0.478 e. The third-order valence-electron chi connectivity index (χ3n) is 1.63. The van der Waals surface area contributed by atoms with Crippen LogP contribution >= 0.6 is 0 Å². The second-order valence-corrected chi connectivity index (χ2v) is 2.51. The van der Waals surface area contributed by atoms with E-state index in [0.29, 0.717) is 12.0 Å². The fourth-order valence-corrected chi connectivity index (χ4v) is 0.920. The molecule has 1 rings (SSSR count). The standard InChI is InChI=1S/C8H10O2/c1-6-2-4-7(5-3-6)8(9)10/h2,4H,3,5H2,1H3,(H,9,10). The lowest BCUT2D eigenvalue weighted by atomic mass is 10.00. The molecule has 1 aliphatic rings. The van der Waals surface area contributed by atoms with Gasteiger partial charge in [0.05, 0.1) is 0 Å². The predicted octanol–water partition coefficient (Wildman–Crippen LogP) is 1.74. The minimum absolute atomic E-state index is 0.519. The van der Waals surface area contributed by atoms with E-state index in [-0.39, 0.29) is 0 Å². The van der Waals surface area contributed by atoms with Gasteiger partial charge >= 0.3 is 5.97 Å². The molecule has 2 heteroatoms. The molecule has 0 fully saturated rings. The number of carbonyl (C=O) groups is 1. The van der Waals surface area contributed by atoms with Crippen LogP contribution in [0.2, 0.25) is 0 Å². The smallest absolute Gasteiger partial charge is 0.331 e. The molecule has 54 valence electrons. The van der Waals surface area contributed by atoms with Gasteiger partial charge in [-0.15, -0.1) is 0 Å². The van der Waals surface area contributed by atoms with Crippen molar-refractivity contribution in [1.82, 2.24) is 0 Å². The van der Waals surface area contributed by atoms with Gasteiger partial charge in [0, 0.05) is 5.57 Å². The SMILES string of the molecule is CC1=CC=C(C(=O)O)CC1. The molecule has 1 aliphatic carbocycles. The summed E-state index contributed by atoms with van der Waals surface area (Å²) in [5, 5.41) is 8.53. The summed E-state index contributed by atoms with van der Waals surface area (Å²) < 4.78 is 0. The van der Waals surface area contributed by atoms with E-state index < -0.39 is 5.97 Å². The van der Waals surface area contributed by atoms with Crippen molar-refractivity contribution in [2.24, 2.45) is 0 Å². The Hall–Kier alpha value is -1.05. The number of aliphatic carboxylic acids is 1. The van der Waals surface area contributed by atoms with Gasteiger partial charge in [0.2, 0.25) is 0 Å². The van der Waals surface area contributed by atoms with E-state index in [1.807, 2.05) is 13.0 Å². The van der Waals surface area contributed by atoms with Crippen LogP contribution in [0.15, 0.2) is 23.3 Å². The molecule has 0 amide bonds. The summed E-state index contributed by atoms with van der Waals surface area (Å²) in [6.45, 7) is 2.01. The summed E-state index contributed by atoms with van der Waals surface area (Å²) in [7, 11) is 0. The molecule has 0 aromatic rings. The van der Waals surface area contributed by atoms with Crippen LogP contribution < -0.4 is 0 Å². The Morgan fingerprint density at radius 1 is 1.50 bits per heavy atom. The lowest BCUT2D eigenvalue weighted by Gasteiger charge is -2.06. The third kappa shape index (κ3) is 1.47. The Morgan fingerprint density at radius 3 is 2.60 bits per heavy atom. The normalized spacial score (nSPS) is 17.7. The van der Waals surface area contributed by atoms with Crippen molar-refractivity contribution in [2.75, 3.05) is 0 Å². The van der Waals surface area contributed by atoms with Crippen molar-refractivity contribution in [1.29, 1.82) is 0 Å². The van der Waals surface area contributed by atoms with Gasteiger partial charge in [0.1, 0.15) is 0 Å². The highest BCUT2D eigenvalue weighted by Gasteiger charge is 2.08. The molecule has 2 nitrogen and oxygen atoms in total. The van der Waals surface area contributed by atoms with E-state index in [2.05, 4.69) is 0 Å². The zero-order chi connectivity index (χ0) is 7.56. The Labute approximate surface area is 59.9 Å². The van der Waals surface area contributed by atoms with Crippen molar-refractivity contribution in [3.05, 3.63) is 23.3 Å². The van der Waals surface area contributed by atoms with E-state index in [0.717, 1.165) is 6.42 Å². The molecule has 0 saturated carbocycles. The molecule has 0 aromatic heterocycles. The molecule has 0 atom stereocenters. The fraction of sp³-hybridized carbons (Fsp3) is 0.375. The van der Waals surface area contributed by atoms with Crippen LogP contribution in [0, 0.1) is 0 Å². The zero-order valence-electron chi connectivity index (χ0n) is 5.92. The maximum atomic E-state index is 10.4. The molecule has 0 saturated heterocycles. The number of rotatable bonds is 1. The van der Waals surface area contributed by atoms with Gasteiger partial charge in [-0.05, 0) is 19.8 Å². The van der Waals surface area contributed by atoms with Crippen LogP contribution in [0.25, 0.3) is 0 Å². The number of hydrogen-bond acceptors (Lipinski definition) is 1. The van der Waals surface area contributed by atoms with Crippen LogP contribution in [0.1, 0.15) is 19.8 Å². The molecule has 0 heterocycles. The van der Waals surface area contributed by atoms with Gasteiger partial charge in [-0.25, -0.2) is 4.79 Å². The predicted molar refractivity (Wildman–Crippen MR) is 38.7 cm³/mol. The molecular weight excluding hydrogens is 128 g/mol. The molecule has 1 N–H and O–H groups in total. The van der Waals surface area contributed by atoms with E-state index in [1.54, 1.807) is 6.08 Å². The first kappa shape index (κ1) is 7.06. The first-order chi connectivity index (χ1) is 4.70. The second-order valence-electron chi connectivity index (χ2n) is 2.51. The van der Waals surface area contributed by atoms with Crippen LogP contribution in [-0.4, -0.2) is 11.1 Å². The van der Waals surface area contributed by atoms with Crippen molar-refractivity contribution in [3.8, 4) is 0 Å². The molecular formula is C8H10O2. The van der Waals surface area contributed by atoms with Crippen molar-refractivity contribution in [3.63, 3.8) is 0 Å². The van der Waals surface area contributed by atoms with Crippen LogP contribution in [0.5, 0.6) is 0 Å². The number of hydrogen-bond donors (Lipinski definition) is 1. The van der Waals surface area contributed by atoms with E-state index in [4.69, 9.17) is 5.11 Å². The Bertz CT molecular complexity index is 211. The highest BCUT2D eigenvalue weighted by molar-refractivity contribution is 5.87. The number of allylic oxidation sites excluding steroid dienone is 3. The van der Waals surface area contributed by atoms with Crippen LogP contribution in [0.4, 0.5) is 0 Å². The quantitative estimate of drug-likeness (QED) is 0.599. The lowest BCUT2D eigenvalue weighted by molar-refractivity contribution is -0.132. The first-order valence-corrected chi connectivity index (χ1v) is 3.30. The minimum Gasteiger partial charge on any atom is -0.478 e. The van der Waals surface area contributed by atoms with E-state index in [9.17, 15) is 4.79 Å². The maximum Gasteiger partial charge on any atom is 0.331 e. The molecule has 0 aromatic carbocycles. The molecule has 0 bridgehead atoms. The number of carboxylic acids is 1. The summed E-state index contributed by atoms with van der Waals surface area (Å²) in [6, 6.07) is 0. The van der Waals surface area contributed by atoms with Crippen molar-refractivity contribution >= 4 is 5.97 Å². The number of carboxylic acid groups (broad SMARTS) is 1. The molecule has 0 unspecified atom stereocenters. The summed E-state index contributed by atoms with van der Waals surface area (Å²) >= 11 is 0. The molecule has 0 radical (unpaired) electrons. The topological polar surface area (TPSA) is 37.3 Å². The van der Waals surface area contributed by atoms with Gasteiger partial charge in [-0.1, -0.05) is 17.7 Å². The highest BCUT2D eigenvalue weighted by Crippen LogP contribution is 2.17. The lowest BCUT2D eigenvalue weighted by Crippen LogP contribution is -2.02. The Morgan fingerprint density at radius 2 is 2.20 bits per heavy atom. The zero-order valence-corrected chi connectivity index (χ0v) is 5.92. The summed E-state index contributed by atoms with van der Waals surface area (Å²) in [5.74, 6) is -0.788. The average molecular weight is 138 g/mol. The first-order valence-electron chi connectivity index (χ1n) is 3.30. The van der Waals surface area contributed by atoms with E-state index >= 15 is 0 Å². The van der Waals surface area contributed by atoms with Gasteiger partial charge in [0.25, 0.3) is 0 Å². The van der Waals surface area contributed by atoms with Crippen molar-refractivity contribution in [2.45, 2.75) is 19.8 Å². The van der Waals surface area contributed by atoms with Gasteiger partial charge < -0.3 is 5.11 Å². The second kappa shape index (κ2) is 2.69. The maximum absolute atomic E-state index is 10.4. The monoisotopic (exact) mass is 138 g/mol. The minimum atomic E-state index is -0.788. The molecule has 10 heavy (non-hydrogen) atoms. The summed E-state index contributed by atoms with van der Waals surface area (Å²) in [4.78, 5) is 10.4. The fourth-order valence-electron chi connectivity index (χ4n) is 0.920. The summed E-state index contributed by atoms with van der Waals surface area (Å²) in [6.07, 6.45) is 5.11. The third-order valence-corrected chi connectivity index (χ3v) is 1.63. The average Bonchev–Trinajstić information content (AvgIpc) is 1.88. The van der Waals surface area contributed by atoms with Gasteiger partial charge in [-0.2, -0.15) is 0 Å². The highest BCUT2D eigenvalue weighted by atomic mass is 16.4. The Kier molecular flexibility index (Phi) is 1.90. The molecule has 0 spiro atoms. The van der Waals surface area contributed by atoms with Crippen LogP contribution in [0.3, 0.4) is 0 Å². The summed E-state index contributed by atoms with van der Waals surface area (Å²) in [5.41, 5.74) is 1.77. The van der Waals surface area contributed by atoms with Crippen molar-refractivity contribution < 1.29 is 9.90 Å². The van der Waals surface area contributed by atoms with Gasteiger partial charge in [-0.3, -0.25) is 0 Å². The Balaban J connectivity index is 2.74. The van der Waals surface area contributed by atoms with E-state index in [1.165, 1.54) is 5.57 Å². The van der Waals surface area contributed by atoms with Crippen LogP contribution in [-0.2, 0) is 4.79 Å². The van der Waals surface area contributed by atoms with Gasteiger partial charge in [0.15, 0.2) is 0 Å².